The Bertz CT molecular complexity index is 775. The lowest BCUT2D eigenvalue weighted by Gasteiger charge is -2.46. The molecule has 6 atom stereocenters. The van der Waals surface area contributed by atoms with E-state index in [1.165, 1.54) is 0 Å². The van der Waals surface area contributed by atoms with Crippen LogP contribution in [0.2, 0.25) is 0 Å². The summed E-state index contributed by atoms with van der Waals surface area (Å²) in [6.45, 7) is -3.04. The third-order valence-corrected chi connectivity index (χ3v) is 4.67. The second kappa shape index (κ2) is 9.84. The lowest BCUT2D eigenvalue weighted by Crippen LogP contribution is -2.67. The number of hydrogen-bond acceptors (Lipinski definition) is 10. The normalized spacial score (nSPS) is 27.7. The van der Waals surface area contributed by atoms with E-state index in [-0.39, 0.29) is 0 Å². The molecule has 2 rings (SSSR count). The summed E-state index contributed by atoms with van der Waals surface area (Å²) in [6, 6.07) is -1.75. The predicted molar refractivity (Wildman–Crippen MR) is 91.2 cm³/mol. The highest BCUT2D eigenvalue weighted by Crippen LogP contribution is 2.29. The molecule has 176 valence electrons. The average molecular weight is 458 g/mol. The molecule has 0 saturated carbocycles. The van der Waals surface area contributed by atoms with Gasteiger partial charge >= 0.3 is 12.1 Å². The number of aliphatic hydroxyl groups excluding tert-OH is 4. The first kappa shape index (κ1) is 24.9. The third kappa shape index (κ3) is 5.46. The second-order valence-corrected chi connectivity index (χ2v) is 6.65. The van der Waals surface area contributed by atoms with Crippen LogP contribution < -0.4 is 0 Å². The van der Waals surface area contributed by atoms with Crippen molar-refractivity contribution in [3.05, 3.63) is 22.5 Å². The Morgan fingerprint density at radius 3 is 2.61 bits per heavy atom. The van der Waals surface area contributed by atoms with Gasteiger partial charge in [-0.2, -0.15) is 13.2 Å². The van der Waals surface area contributed by atoms with Crippen molar-refractivity contribution in [1.82, 2.24) is 14.5 Å². The Morgan fingerprint density at radius 1 is 1.45 bits per heavy atom. The minimum absolute atomic E-state index is 0.359. The molecule has 1 amide bonds. The van der Waals surface area contributed by atoms with Crippen LogP contribution in [0.5, 0.6) is 0 Å². The van der Waals surface area contributed by atoms with Gasteiger partial charge in [-0.3, -0.25) is 4.79 Å². The zero-order valence-corrected chi connectivity index (χ0v) is 16.0. The van der Waals surface area contributed by atoms with Crippen LogP contribution in [0.15, 0.2) is 12.4 Å². The number of ether oxygens (including phenoxy) is 2. The zero-order chi connectivity index (χ0) is 23.5. The molecule has 1 aromatic heterocycles. The fraction of sp³-hybridized carbons (Fsp3) is 0.733. The molecule has 16 heteroatoms. The van der Waals surface area contributed by atoms with Crippen molar-refractivity contribution in [2.24, 2.45) is 0 Å². The van der Waals surface area contributed by atoms with Crippen LogP contribution in [0.3, 0.4) is 0 Å². The molecule has 0 spiro atoms. The number of carbonyl (C=O) groups excluding carboxylic acids is 1. The van der Waals surface area contributed by atoms with Crippen molar-refractivity contribution in [2.45, 2.75) is 49.5 Å². The summed E-state index contributed by atoms with van der Waals surface area (Å²) in [5, 5.41) is 50.3. The topological polar surface area (TPSA) is 181 Å². The molecule has 13 nitrogen and oxygen atoms in total. The first-order valence-electron chi connectivity index (χ1n) is 8.77. The van der Waals surface area contributed by atoms with Crippen LogP contribution in [-0.2, 0) is 20.8 Å². The van der Waals surface area contributed by atoms with Gasteiger partial charge in [0.05, 0.1) is 13.2 Å². The SMILES string of the molecule is CO[C@H]1O[C@H](CO)[C@@H](O)[C@H](O)[C@@H]1N(CC(O)C(F)(F)F)C(=O)Cn1ccnc1[N+](=O)[O-]. The van der Waals surface area contributed by atoms with Crippen molar-refractivity contribution in [3.63, 3.8) is 0 Å². The molecule has 0 radical (unpaired) electrons. The van der Waals surface area contributed by atoms with Crippen molar-refractivity contribution in [1.29, 1.82) is 0 Å². The molecule has 2 heterocycles. The van der Waals surface area contributed by atoms with E-state index in [1.807, 2.05) is 0 Å². The lowest BCUT2D eigenvalue weighted by molar-refractivity contribution is -0.396. The number of amides is 1. The molecule has 1 saturated heterocycles. The van der Waals surface area contributed by atoms with E-state index < -0.39 is 79.4 Å². The Kier molecular flexibility index (Phi) is 7.90. The number of imidazole rings is 1. The number of alkyl halides is 3. The number of nitrogens with zero attached hydrogens (tertiary/aromatic N) is 4. The largest absolute Gasteiger partial charge is 0.435 e. The van der Waals surface area contributed by atoms with E-state index in [1.54, 1.807) is 0 Å². The monoisotopic (exact) mass is 458 g/mol. The van der Waals surface area contributed by atoms with E-state index in [0.717, 1.165) is 24.1 Å². The highest BCUT2D eigenvalue weighted by atomic mass is 19.4. The number of carbonyl (C=O) groups is 1. The highest BCUT2D eigenvalue weighted by molar-refractivity contribution is 5.77. The number of nitro groups is 1. The molecule has 1 unspecified atom stereocenters. The van der Waals surface area contributed by atoms with Crippen molar-refractivity contribution >= 4 is 11.9 Å². The van der Waals surface area contributed by atoms with E-state index >= 15 is 0 Å². The van der Waals surface area contributed by atoms with Gasteiger partial charge in [0.1, 0.15) is 36.7 Å². The summed E-state index contributed by atoms with van der Waals surface area (Å²) in [7, 11) is 1.04. The first-order chi connectivity index (χ1) is 14.4. The lowest BCUT2D eigenvalue weighted by atomic mass is 9.95. The molecular formula is C15H21F3N4O9. The summed E-state index contributed by atoms with van der Waals surface area (Å²) in [5.41, 5.74) is 0. The quantitative estimate of drug-likeness (QED) is 0.251. The Balaban J connectivity index is 2.40. The maximum absolute atomic E-state index is 13.0. The smallest absolute Gasteiger partial charge is 0.394 e. The maximum Gasteiger partial charge on any atom is 0.435 e. The van der Waals surface area contributed by atoms with Gasteiger partial charge in [-0.15, -0.1) is 0 Å². The fourth-order valence-electron chi connectivity index (χ4n) is 3.11. The van der Waals surface area contributed by atoms with Crippen molar-refractivity contribution < 1.29 is 52.8 Å². The number of aromatic nitrogens is 2. The number of rotatable bonds is 8. The molecule has 0 aromatic carbocycles. The van der Waals surface area contributed by atoms with Crippen LogP contribution in [0.1, 0.15) is 0 Å². The summed E-state index contributed by atoms with van der Waals surface area (Å²) < 4.78 is 49.8. The van der Waals surface area contributed by atoms with Crippen LogP contribution in [-0.4, -0.2) is 109 Å². The molecule has 1 aliphatic heterocycles. The summed E-state index contributed by atoms with van der Waals surface area (Å²) in [4.78, 5) is 26.7. The fourth-order valence-corrected chi connectivity index (χ4v) is 3.11. The van der Waals surface area contributed by atoms with Gasteiger partial charge in [0, 0.05) is 7.11 Å². The van der Waals surface area contributed by atoms with E-state index in [9.17, 15) is 48.5 Å². The summed E-state index contributed by atoms with van der Waals surface area (Å²) in [6.07, 6.45) is -12.9. The molecule has 1 fully saturated rings. The van der Waals surface area contributed by atoms with Gasteiger partial charge in [0.2, 0.25) is 0 Å². The van der Waals surface area contributed by atoms with Crippen LogP contribution in [0.25, 0.3) is 0 Å². The minimum Gasteiger partial charge on any atom is -0.394 e. The molecule has 1 aliphatic rings. The number of hydrogen-bond donors (Lipinski definition) is 4. The van der Waals surface area contributed by atoms with E-state index in [0.29, 0.717) is 4.90 Å². The number of methoxy groups -OCH3 is 1. The van der Waals surface area contributed by atoms with E-state index in [2.05, 4.69) is 4.98 Å². The van der Waals surface area contributed by atoms with Crippen LogP contribution in [0.4, 0.5) is 19.1 Å². The summed E-state index contributed by atoms with van der Waals surface area (Å²) in [5.74, 6) is -1.97. The van der Waals surface area contributed by atoms with Gasteiger partial charge in [0.25, 0.3) is 5.91 Å². The van der Waals surface area contributed by atoms with Gasteiger partial charge < -0.3 is 44.9 Å². The molecule has 4 N–H and O–H groups in total. The predicted octanol–water partition coefficient (Wildman–Crippen LogP) is -2.00. The molecular weight excluding hydrogens is 437 g/mol. The second-order valence-electron chi connectivity index (χ2n) is 6.65. The van der Waals surface area contributed by atoms with E-state index in [4.69, 9.17) is 9.47 Å². The van der Waals surface area contributed by atoms with Gasteiger partial charge in [0.15, 0.2) is 18.9 Å². The molecule has 1 aromatic rings. The van der Waals surface area contributed by atoms with Crippen LogP contribution >= 0.6 is 0 Å². The van der Waals surface area contributed by atoms with Gasteiger partial charge in [-0.05, 0) is 4.92 Å². The average Bonchev–Trinajstić information content (AvgIpc) is 3.15. The minimum atomic E-state index is -5.14. The third-order valence-electron chi connectivity index (χ3n) is 4.67. The standard InChI is InChI=1S/C15H21F3N4O9/c1-30-13-10(12(27)11(26)7(6-23)31-13)21(4-8(24)15(16,17)18)9(25)5-20-3-2-19-14(20)22(28)29/h2-3,7-8,10-13,23-24,26-27H,4-6H2,1H3/t7-,8?,10+,11-,12-,13+/m1/s1. The first-order valence-corrected chi connectivity index (χ1v) is 8.77. The number of halogens is 3. The van der Waals surface area contributed by atoms with Gasteiger partial charge in [-0.25, -0.2) is 4.57 Å². The van der Waals surface area contributed by atoms with Crippen LogP contribution in [0, 0.1) is 10.1 Å². The van der Waals surface area contributed by atoms with Gasteiger partial charge in [-0.1, -0.05) is 4.98 Å². The number of aliphatic hydroxyl groups is 4. The van der Waals surface area contributed by atoms with Crippen molar-refractivity contribution in [2.75, 3.05) is 20.3 Å². The Hall–Kier alpha value is -2.37. The molecule has 0 aliphatic carbocycles. The molecule has 0 bridgehead atoms. The highest BCUT2D eigenvalue weighted by Gasteiger charge is 2.51. The summed E-state index contributed by atoms with van der Waals surface area (Å²) >= 11 is 0. The Labute approximate surface area is 172 Å². The molecule has 31 heavy (non-hydrogen) atoms. The zero-order valence-electron chi connectivity index (χ0n) is 16.0. The van der Waals surface area contributed by atoms with Crippen molar-refractivity contribution in [3.8, 4) is 0 Å². The Morgan fingerprint density at radius 2 is 2.10 bits per heavy atom. The maximum atomic E-state index is 13.0.